The van der Waals surface area contributed by atoms with Gasteiger partial charge in [0.05, 0.1) is 17.7 Å². The van der Waals surface area contributed by atoms with E-state index in [1.54, 1.807) is 12.1 Å². The second-order valence-electron chi connectivity index (χ2n) is 5.82. The summed E-state index contributed by atoms with van der Waals surface area (Å²) in [5, 5.41) is 10.6. The monoisotopic (exact) mass is 386 g/mol. The van der Waals surface area contributed by atoms with Gasteiger partial charge in [0.15, 0.2) is 11.5 Å². The molecule has 0 spiro atoms. The standard InChI is InChI=1S/C19H15ClN2O3S/c1-2-24-15-5-3-4-10-8-13-18(25-16(10)15)21-17(22-19(13)26)12-9-11(20)6-7-14(12)23/h3-7,9,23H,2,8H2,1H3,(H,21,22,26). The highest BCUT2D eigenvalue weighted by atomic mass is 35.5. The van der Waals surface area contributed by atoms with E-state index in [1.807, 2.05) is 25.1 Å². The smallest absolute Gasteiger partial charge is 0.205 e. The number of aromatic hydroxyl groups is 1. The van der Waals surface area contributed by atoms with Crippen molar-refractivity contribution in [2.45, 2.75) is 13.3 Å². The summed E-state index contributed by atoms with van der Waals surface area (Å²) in [6.45, 7) is 2.47. The maximum absolute atomic E-state index is 10.1. The summed E-state index contributed by atoms with van der Waals surface area (Å²) in [6.07, 6.45) is 0.593. The van der Waals surface area contributed by atoms with Crippen molar-refractivity contribution in [3.05, 3.63) is 57.2 Å². The number of phenolic OH excluding ortho intramolecular Hbond substituents is 1. The summed E-state index contributed by atoms with van der Waals surface area (Å²) >= 11 is 11.5. The molecule has 0 saturated carbocycles. The third-order valence-corrected chi connectivity index (χ3v) is 4.70. The normalized spacial score (nSPS) is 12.1. The summed E-state index contributed by atoms with van der Waals surface area (Å²) in [4.78, 5) is 7.55. The molecule has 2 aromatic carbocycles. The Hall–Kier alpha value is -2.57. The minimum Gasteiger partial charge on any atom is -0.507 e. The molecule has 3 aromatic rings. The van der Waals surface area contributed by atoms with Gasteiger partial charge < -0.3 is 19.6 Å². The molecule has 0 atom stereocenters. The number of hydrogen-bond donors (Lipinski definition) is 2. The van der Waals surface area contributed by atoms with E-state index >= 15 is 0 Å². The van der Waals surface area contributed by atoms with E-state index in [2.05, 4.69) is 9.97 Å². The third kappa shape index (κ3) is 2.91. The van der Waals surface area contributed by atoms with E-state index in [4.69, 9.17) is 33.3 Å². The molecular weight excluding hydrogens is 372 g/mol. The molecule has 1 aliphatic rings. The topological polar surface area (TPSA) is 67.4 Å². The van der Waals surface area contributed by atoms with Gasteiger partial charge in [0.25, 0.3) is 0 Å². The van der Waals surface area contributed by atoms with Crippen molar-refractivity contribution in [1.82, 2.24) is 9.97 Å². The van der Waals surface area contributed by atoms with Crippen LogP contribution in [-0.2, 0) is 6.42 Å². The number of ether oxygens (including phenoxy) is 2. The molecule has 5 nitrogen and oxygen atoms in total. The van der Waals surface area contributed by atoms with Gasteiger partial charge in [-0.1, -0.05) is 36.0 Å². The minimum atomic E-state index is 0.0544. The van der Waals surface area contributed by atoms with Crippen molar-refractivity contribution in [3.8, 4) is 34.5 Å². The van der Waals surface area contributed by atoms with E-state index in [-0.39, 0.29) is 5.75 Å². The summed E-state index contributed by atoms with van der Waals surface area (Å²) in [7, 11) is 0. The number of aromatic nitrogens is 2. The van der Waals surface area contributed by atoms with E-state index in [0.29, 0.717) is 51.5 Å². The molecular formula is C19H15ClN2O3S. The fraction of sp³-hybridized carbons (Fsp3) is 0.158. The Morgan fingerprint density at radius 1 is 1.35 bits per heavy atom. The predicted octanol–water partition coefficient (Wildman–Crippen LogP) is 5.26. The molecule has 2 N–H and O–H groups in total. The highest BCUT2D eigenvalue weighted by molar-refractivity contribution is 7.71. The van der Waals surface area contributed by atoms with Crippen LogP contribution in [0, 0.1) is 4.64 Å². The van der Waals surface area contributed by atoms with Crippen molar-refractivity contribution in [1.29, 1.82) is 0 Å². The molecule has 1 aliphatic heterocycles. The van der Waals surface area contributed by atoms with Gasteiger partial charge in [-0.05, 0) is 31.2 Å². The number of nitrogens with zero attached hydrogens (tertiary/aromatic N) is 1. The average molecular weight is 387 g/mol. The van der Waals surface area contributed by atoms with Gasteiger partial charge in [0, 0.05) is 17.0 Å². The molecule has 0 fully saturated rings. The van der Waals surface area contributed by atoms with Crippen LogP contribution in [0.25, 0.3) is 11.4 Å². The highest BCUT2D eigenvalue weighted by Gasteiger charge is 2.24. The maximum Gasteiger partial charge on any atom is 0.205 e. The van der Waals surface area contributed by atoms with Gasteiger partial charge in [-0.25, -0.2) is 4.98 Å². The van der Waals surface area contributed by atoms with E-state index in [1.165, 1.54) is 6.07 Å². The van der Waals surface area contributed by atoms with Crippen LogP contribution in [-0.4, -0.2) is 21.7 Å². The first-order valence-electron chi connectivity index (χ1n) is 8.11. The number of aromatic amines is 1. The van der Waals surface area contributed by atoms with Gasteiger partial charge in [0.1, 0.15) is 16.2 Å². The van der Waals surface area contributed by atoms with E-state index in [0.717, 1.165) is 11.1 Å². The van der Waals surface area contributed by atoms with Crippen LogP contribution >= 0.6 is 23.8 Å². The van der Waals surface area contributed by atoms with Crippen LogP contribution in [0.3, 0.4) is 0 Å². The number of nitrogens with one attached hydrogen (secondary N) is 1. The SMILES string of the molecule is CCOc1cccc2c1Oc1[nH]c(-c3cc(Cl)ccc3O)nc(=S)c1C2. The predicted molar refractivity (Wildman–Crippen MR) is 102 cm³/mol. The Labute approximate surface area is 160 Å². The average Bonchev–Trinajstić information content (AvgIpc) is 2.63. The Morgan fingerprint density at radius 2 is 2.19 bits per heavy atom. The molecule has 0 bridgehead atoms. The maximum atomic E-state index is 10.1. The van der Waals surface area contributed by atoms with Crippen molar-refractivity contribution in [2.75, 3.05) is 6.61 Å². The molecule has 0 aliphatic carbocycles. The molecule has 0 saturated heterocycles. The fourth-order valence-corrected chi connectivity index (χ4v) is 3.35. The molecule has 1 aromatic heterocycles. The van der Waals surface area contributed by atoms with Crippen LogP contribution in [0.15, 0.2) is 36.4 Å². The Kier molecular flexibility index (Phi) is 4.30. The number of phenols is 1. The van der Waals surface area contributed by atoms with Gasteiger partial charge >= 0.3 is 0 Å². The minimum absolute atomic E-state index is 0.0544. The first kappa shape index (κ1) is 16.9. The summed E-state index contributed by atoms with van der Waals surface area (Å²) < 4.78 is 12.2. The number of benzene rings is 2. The lowest BCUT2D eigenvalue weighted by atomic mass is 10.0. The lowest BCUT2D eigenvalue weighted by Gasteiger charge is -2.22. The molecule has 0 radical (unpaired) electrons. The second kappa shape index (κ2) is 6.63. The zero-order chi connectivity index (χ0) is 18.3. The van der Waals surface area contributed by atoms with E-state index in [9.17, 15) is 5.11 Å². The molecule has 7 heteroatoms. The van der Waals surface area contributed by atoms with Crippen LogP contribution < -0.4 is 9.47 Å². The number of hydrogen-bond acceptors (Lipinski definition) is 5. The second-order valence-corrected chi connectivity index (χ2v) is 6.64. The molecule has 4 rings (SSSR count). The van der Waals surface area contributed by atoms with Crippen LogP contribution in [0.4, 0.5) is 0 Å². The molecule has 0 unspecified atom stereocenters. The lowest BCUT2D eigenvalue weighted by Crippen LogP contribution is -2.09. The quantitative estimate of drug-likeness (QED) is 0.470. The van der Waals surface area contributed by atoms with Crippen LogP contribution in [0.2, 0.25) is 5.02 Å². The van der Waals surface area contributed by atoms with Crippen molar-refractivity contribution < 1.29 is 14.6 Å². The summed E-state index contributed by atoms with van der Waals surface area (Å²) in [5.74, 6) is 2.29. The summed E-state index contributed by atoms with van der Waals surface area (Å²) in [5.41, 5.74) is 2.24. The van der Waals surface area contributed by atoms with Gasteiger partial charge in [-0.15, -0.1) is 0 Å². The fourth-order valence-electron chi connectivity index (χ4n) is 2.92. The molecule has 2 heterocycles. The summed E-state index contributed by atoms with van der Waals surface area (Å²) in [6, 6.07) is 10.5. The number of para-hydroxylation sites is 1. The number of fused-ring (bicyclic) bond motifs is 2. The van der Waals surface area contributed by atoms with Crippen molar-refractivity contribution in [3.63, 3.8) is 0 Å². The number of H-pyrrole nitrogens is 1. The lowest BCUT2D eigenvalue weighted by molar-refractivity contribution is 0.315. The molecule has 0 amide bonds. The van der Waals surface area contributed by atoms with Gasteiger partial charge in [-0.2, -0.15) is 0 Å². The van der Waals surface area contributed by atoms with Crippen LogP contribution in [0.5, 0.6) is 23.1 Å². The highest BCUT2D eigenvalue weighted by Crippen LogP contribution is 2.42. The van der Waals surface area contributed by atoms with Crippen LogP contribution in [0.1, 0.15) is 18.1 Å². The Balaban J connectivity index is 1.83. The number of rotatable bonds is 3. The van der Waals surface area contributed by atoms with E-state index < -0.39 is 0 Å². The molecule has 132 valence electrons. The van der Waals surface area contributed by atoms with Gasteiger partial charge in [-0.3, -0.25) is 0 Å². The van der Waals surface area contributed by atoms with Crippen molar-refractivity contribution >= 4 is 23.8 Å². The van der Waals surface area contributed by atoms with Gasteiger partial charge in [0.2, 0.25) is 5.88 Å². The Morgan fingerprint density at radius 3 is 3.00 bits per heavy atom. The first-order valence-corrected chi connectivity index (χ1v) is 8.90. The Bertz CT molecular complexity index is 1070. The largest absolute Gasteiger partial charge is 0.507 e. The zero-order valence-electron chi connectivity index (χ0n) is 13.9. The number of halogens is 1. The zero-order valence-corrected chi connectivity index (χ0v) is 15.4. The molecule has 26 heavy (non-hydrogen) atoms. The first-order chi connectivity index (χ1) is 12.6. The van der Waals surface area contributed by atoms with Crippen molar-refractivity contribution in [2.24, 2.45) is 0 Å². The third-order valence-electron chi connectivity index (χ3n) is 4.12.